The zero-order valence-corrected chi connectivity index (χ0v) is 12.4. The van der Waals surface area contributed by atoms with E-state index in [1.807, 2.05) is 12.1 Å². The summed E-state index contributed by atoms with van der Waals surface area (Å²) in [7, 11) is 0. The van der Waals surface area contributed by atoms with Crippen molar-refractivity contribution in [2.45, 2.75) is 25.8 Å². The lowest BCUT2D eigenvalue weighted by Gasteiger charge is -2.16. The summed E-state index contributed by atoms with van der Waals surface area (Å²) in [6.07, 6.45) is 2.01. The Morgan fingerprint density at radius 3 is 3.05 bits per heavy atom. The van der Waals surface area contributed by atoms with Gasteiger partial charge in [0.05, 0.1) is 15.3 Å². The van der Waals surface area contributed by atoms with Crippen molar-refractivity contribution >= 4 is 34.3 Å². The number of nitro benzene ring substituents is 1. The molecule has 1 heterocycles. The molecule has 6 heteroatoms. The standard InChI is InChI=1S/C14H13ClN2O2S/c1-8-10(3-2-4-12(8)17(18)19)16-11-5-6-13-9(11)7-14(15)20-13/h2-4,7,11,16H,5-6H2,1H3. The molecule has 1 atom stereocenters. The van der Waals surface area contributed by atoms with Crippen LogP contribution in [0.3, 0.4) is 0 Å². The molecule has 1 aromatic carbocycles. The monoisotopic (exact) mass is 308 g/mol. The van der Waals surface area contributed by atoms with Gasteiger partial charge in [-0.05, 0) is 37.5 Å². The van der Waals surface area contributed by atoms with Gasteiger partial charge >= 0.3 is 0 Å². The van der Waals surface area contributed by atoms with Crippen LogP contribution in [0.15, 0.2) is 24.3 Å². The summed E-state index contributed by atoms with van der Waals surface area (Å²) in [5, 5.41) is 14.4. The second-order valence-electron chi connectivity index (χ2n) is 4.87. The topological polar surface area (TPSA) is 55.2 Å². The smallest absolute Gasteiger partial charge is 0.274 e. The Morgan fingerprint density at radius 2 is 2.30 bits per heavy atom. The summed E-state index contributed by atoms with van der Waals surface area (Å²) in [5.74, 6) is 0. The summed E-state index contributed by atoms with van der Waals surface area (Å²) in [5.41, 5.74) is 2.87. The van der Waals surface area contributed by atoms with Crippen LogP contribution in [0.25, 0.3) is 0 Å². The Labute approximate surface area is 125 Å². The van der Waals surface area contributed by atoms with Gasteiger partial charge in [0, 0.05) is 22.2 Å². The first kappa shape index (κ1) is 13.4. The van der Waals surface area contributed by atoms with Gasteiger partial charge in [-0.1, -0.05) is 17.7 Å². The largest absolute Gasteiger partial charge is 0.378 e. The molecule has 0 radical (unpaired) electrons. The first-order chi connectivity index (χ1) is 9.56. The zero-order valence-electron chi connectivity index (χ0n) is 10.9. The number of hydrogen-bond donors (Lipinski definition) is 1. The normalized spacial score (nSPS) is 17.0. The lowest BCUT2D eigenvalue weighted by atomic mass is 10.1. The number of aryl methyl sites for hydroxylation is 1. The SMILES string of the molecule is Cc1c(NC2CCc3sc(Cl)cc32)cccc1[N+](=O)[O-]. The van der Waals surface area contributed by atoms with E-state index < -0.39 is 0 Å². The van der Waals surface area contributed by atoms with Crippen LogP contribution in [0.4, 0.5) is 11.4 Å². The van der Waals surface area contributed by atoms with Crippen molar-refractivity contribution in [3.8, 4) is 0 Å². The fraction of sp³-hybridized carbons (Fsp3) is 0.286. The molecule has 4 nitrogen and oxygen atoms in total. The molecular formula is C14H13ClN2O2S. The predicted molar refractivity (Wildman–Crippen MR) is 81.8 cm³/mol. The molecule has 0 aliphatic heterocycles. The first-order valence-electron chi connectivity index (χ1n) is 6.35. The Bertz CT molecular complexity index is 684. The number of nitrogens with one attached hydrogen (secondary N) is 1. The van der Waals surface area contributed by atoms with Gasteiger partial charge in [0.15, 0.2) is 0 Å². The molecule has 0 amide bonds. The van der Waals surface area contributed by atoms with Crippen LogP contribution in [0.2, 0.25) is 4.34 Å². The molecule has 1 N–H and O–H groups in total. The van der Waals surface area contributed by atoms with E-state index in [4.69, 9.17) is 11.6 Å². The average Bonchev–Trinajstić information content (AvgIpc) is 2.92. The number of fused-ring (bicyclic) bond motifs is 1. The van der Waals surface area contributed by atoms with Crippen LogP contribution < -0.4 is 5.32 Å². The molecule has 3 rings (SSSR count). The average molecular weight is 309 g/mol. The minimum atomic E-state index is -0.345. The third-order valence-corrected chi connectivity index (χ3v) is 5.02. The Morgan fingerprint density at radius 1 is 1.50 bits per heavy atom. The van der Waals surface area contributed by atoms with Gasteiger partial charge in [-0.25, -0.2) is 0 Å². The summed E-state index contributed by atoms with van der Waals surface area (Å²) in [4.78, 5) is 11.9. The molecule has 0 fully saturated rings. The third kappa shape index (κ3) is 2.27. The summed E-state index contributed by atoms with van der Waals surface area (Å²) in [6, 6.07) is 7.31. The molecule has 0 saturated heterocycles. The number of benzene rings is 1. The van der Waals surface area contributed by atoms with Crippen molar-refractivity contribution in [3.63, 3.8) is 0 Å². The molecule has 1 aromatic heterocycles. The number of hydrogen-bond acceptors (Lipinski definition) is 4. The lowest BCUT2D eigenvalue weighted by Crippen LogP contribution is -2.08. The van der Waals surface area contributed by atoms with Gasteiger partial charge in [-0.2, -0.15) is 0 Å². The number of nitro groups is 1. The van der Waals surface area contributed by atoms with E-state index in [9.17, 15) is 10.1 Å². The van der Waals surface area contributed by atoms with Crippen molar-refractivity contribution in [2.75, 3.05) is 5.32 Å². The molecule has 0 spiro atoms. The van der Waals surface area contributed by atoms with Crippen LogP contribution >= 0.6 is 22.9 Å². The Kier molecular flexibility index (Phi) is 3.40. The molecular weight excluding hydrogens is 296 g/mol. The van der Waals surface area contributed by atoms with E-state index in [1.165, 1.54) is 16.5 Å². The Hall–Kier alpha value is -1.59. The molecule has 1 unspecified atom stereocenters. The van der Waals surface area contributed by atoms with E-state index in [1.54, 1.807) is 24.3 Å². The molecule has 2 aromatic rings. The minimum Gasteiger partial charge on any atom is -0.378 e. The number of anilines is 1. The van der Waals surface area contributed by atoms with Gasteiger partial charge in [-0.15, -0.1) is 11.3 Å². The second-order valence-corrected chi connectivity index (χ2v) is 6.64. The highest BCUT2D eigenvalue weighted by Crippen LogP contribution is 2.41. The van der Waals surface area contributed by atoms with Gasteiger partial charge in [-0.3, -0.25) is 10.1 Å². The van der Waals surface area contributed by atoms with E-state index in [-0.39, 0.29) is 16.7 Å². The number of nitrogens with zero attached hydrogens (tertiary/aromatic N) is 1. The molecule has 0 saturated carbocycles. The quantitative estimate of drug-likeness (QED) is 0.659. The van der Waals surface area contributed by atoms with Crippen LogP contribution in [0.1, 0.15) is 28.5 Å². The van der Waals surface area contributed by atoms with Crippen molar-refractivity contribution in [1.29, 1.82) is 0 Å². The number of rotatable bonds is 3. The van der Waals surface area contributed by atoms with Crippen molar-refractivity contribution in [1.82, 2.24) is 0 Å². The maximum atomic E-state index is 11.0. The maximum Gasteiger partial charge on any atom is 0.274 e. The van der Waals surface area contributed by atoms with Crippen LogP contribution in [0.5, 0.6) is 0 Å². The third-order valence-electron chi connectivity index (χ3n) is 3.68. The number of thiophene rings is 1. The molecule has 1 aliphatic carbocycles. The summed E-state index contributed by atoms with van der Waals surface area (Å²) >= 11 is 7.67. The van der Waals surface area contributed by atoms with Gasteiger partial charge < -0.3 is 5.32 Å². The fourth-order valence-electron chi connectivity index (χ4n) is 2.65. The fourth-order valence-corrected chi connectivity index (χ4v) is 4.00. The van der Waals surface area contributed by atoms with Crippen LogP contribution in [0, 0.1) is 17.0 Å². The Balaban J connectivity index is 1.89. The van der Waals surface area contributed by atoms with Crippen molar-refractivity contribution in [2.24, 2.45) is 0 Å². The highest BCUT2D eigenvalue weighted by molar-refractivity contribution is 7.16. The second kappa shape index (κ2) is 5.07. The lowest BCUT2D eigenvalue weighted by molar-refractivity contribution is -0.385. The molecule has 104 valence electrons. The summed E-state index contributed by atoms with van der Waals surface area (Å²) < 4.78 is 0.803. The maximum absolute atomic E-state index is 11.0. The highest BCUT2D eigenvalue weighted by atomic mass is 35.5. The molecule has 0 bridgehead atoms. The van der Waals surface area contributed by atoms with E-state index >= 15 is 0 Å². The van der Waals surface area contributed by atoms with E-state index in [0.717, 1.165) is 22.9 Å². The summed E-state index contributed by atoms with van der Waals surface area (Å²) in [6.45, 7) is 1.77. The van der Waals surface area contributed by atoms with Crippen LogP contribution in [-0.2, 0) is 6.42 Å². The zero-order chi connectivity index (χ0) is 14.3. The molecule has 1 aliphatic rings. The minimum absolute atomic E-state index is 0.150. The van der Waals surface area contributed by atoms with E-state index in [2.05, 4.69) is 5.32 Å². The van der Waals surface area contributed by atoms with Gasteiger partial charge in [0.25, 0.3) is 5.69 Å². The highest BCUT2D eigenvalue weighted by Gasteiger charge is 2.26. The number of halogens is 1. The van der Waals surface area contributed by atoms with Crippen molar-refractivity contribution in [3.05, 3.63) is 54.7 Å². The van der Waals surface area contributed by atoms with Gasteiger partial charge in [0.1, 0.15) is 0 Å². The first-order valence-corrected chi connectivity index (χ1v) is 7.54. The predicted octanol–water partition coefficient (Wildman–Crippen LogP) is 4.72. The van der Waals surface area contributed by atoms with Gasteiger partial charge in [0.2, 0.25) is 0 Å². The van der Waals surface area contributed by atoms with Crippen molar-refractivity contribution < 1.29 is 4.92 Å². The van der Waals surface area contributed by atoms with E-state index in [0.29, 0.717) is 5.56 Å². The van der Waals surface area contributed by atoms with Crippen LogP contribution in [-0.4, -0.2) is 4.92 Å². The molecule has 20 heavy (non-hydrogen) atoms.